The van der Waals surface area contributed by atoms with Crippen molar-refractivity contribution in [2.24, 2.45) is 4.99 Å². The highest BCUT2D eigenvalue weighted by Gasteiger charge is 2.33. The minimum atomic E-state index is -0.240. The molecule has 0 radical (unpaired) electrons. The fourth-order valence-corrected chi connectivity index (χ4v) is 14.0. The van der Waals surface area contributed by atoms with Crippen molar-refractivity contribution >= 4 is 104 Å². The molecule has 1 aliphatic carbocycles. The first-order valence-electron chi connectivity index (χ1n) is 27.5. The zero-order valence-electron chi connectivity index (χ0n) is 42.8. The Morgan fingerprint density at radius 2 is 1.00 bits per heavy atom. The fourth-order valence-electron chi connectivity index (χ4n) is 14.0. The van der Waals surface area contributed by atoms with Crippen LogP contribution in [0.3, 0.4) is 0 Å². The highest BCUT2D eigenvalue weighted by Crippen LogP contribution is 2.45. The van der Waals surface area contributed by atoms with Crippen molar-refractivity contribution in [2.45, 2.75) is 18.0 Å². The van der Waals surface area contributed by atoms with Crippen LogP contribution in [-0.2, 0) is 0 Å². The summed E-state index contributed by atoms with van der Waals surface area (Å²) in [7, 11) is 0. The molecule has 0 saturated heterocycles. The van der Waals surface area contributed by atoms with Gasteiger partial charge in [-0.05, 0) is 104 Å². The Morgan fingerprint density at radius 1 is 0.438 bits per heavy atom. The number of benzene rings is 8. The van der Waals surface area contributed by atoms with Gasteiger partial charge in [-0.2, -0.15) is 0 Å². The standard InChI is InChI=1S/C72H42N8/c1-7-41-31-42-8-2-14-48(64-61-34-45-11-5-17-51(67(45)79-61)57-29-25-39-21-22-40-26-30-58(76-72(40)71(39)75-57)52-18-6-12-46-35-62(64)80-68(46)52)54(42)36-53(41)47(13-1)63-59-32-43-9-3-15-49(65(43)77-59)55-27-23-37-19-20-38-24-28-56(74-70(38)69(37)73-55)50-16-4-10-44-33-60(63)78-66(44)50/h1-36,59,63,67,78-80H. The van der Waals surface area contributed by atoms with Gasteiger partial charge in [0.2, 0.25) is 0 Å². The molecule has 0 fully saturated rings. The molecule has 5 aliphatic rings. The normalized spacial score (nSPS) is 17.5. The molecule has 8 heteroatoms. The second-order valence-corrected chi connectivity index (χ2v) is 22.1. The largest absolute Gasteiger partial charge is 0.373 e. The first kappa shape index (κ1) is 42.5. The van der Waals surface area contributed by atoms with Gasteiger partial charge in [-0.15, -0.1) is 0 Å². The van der Waals surface area contributed by atoms with Gasteiger partial charge in [-0.3, -0.25) is 4.99 Å². The van der Waals surface area contributed by atoms with Crippen molar-refractivity contribution in [3.05, 3.63) is 262 Å². The molecule has 0 amide bonds. The van der Waals surface area contributed by atoms with Crippen LogP contribution in [-0.4, -0.2) is 42.0 Å². The minimum absolute atomic E-state index is 0.111. The predicted octanol–water partition coefficient (Wildman–Crippen LogP) is 14.7. The first-order chi connectivity index (χ1) is 39.6. The molecule has 14 aromatic rings. The number of rotatable bonds is 2. The van der Waals surface area contributed by atoms with Gasteiger partial charge in [0.15, 0.2) is 0 Å². The molecule has 16 bridgehead atoms. The molecule has 3 N–H and O–H groups in total. The maximum atomic E-state index is 5.77. The van der Waals surface area contributed by atoms with Crippen LogP contribution >= 0.6 is 0 Å². The van der Waals surface area contributed by atoms with Crippen LogP contribution in [0.4, 0.5) is 0 Å². The lowest BCUT2D eigenvalue weighted by molar-refractivity contribution is 0.714. The number of hydrogen-bond donors (Lipinski definition) is 3. The average Bonchev–Trinajstić information content (AvgIpc) is 4.35. The monoisotopic (exact) mass is 1020 g/mol. The molecule has 8 aromatic carbocycles. The van der Waals surface area contributed by atoms with E-state index in [1.807, 2.05) is 0 Å². The summed E-state index contributed by atoms with van der Waals surface area (Å²) in [6.07, 6.45) is 11.3. The molecule has 6 aromatic heterocycles. The number of aromatic amines is 2. The van der Waals surface area contributed by atoms with Crippen LogP contribution in [0.25, 0.3) is 138 Å². The van der Waals surface area contributed by atoms with Crippen molar-refractivity contribution < 1.29 is 0 Å². The topological polar surface area (TPSA) is 108 Å². The van der Waals surface area contributed by atoms with Gasteiger partial charge in [0.25, 0.3) is 0 Å². The number of aromatic nitrogens is 6. The molecular formula is C72H42N8. The third-order valence-corrected chi connectivity index (χ3v) is 17.7. The van der Waals surface area contributed by atoms with E-state index in [2.05, 4.69) is 234 Å². The lowest BCUT2D eigenvalue weighted by Crippen LogP contribution is -2.27. The van der Waals surface area contributed by atoms with Crippen molar-refractivity contribution in [2.75, 3.05) is 0 Å². The number of allylic oxidation sites excluding steroid dienone is 3. The third-order valence-electron chi connectivity index (χ3n) is 17.7. The Morgan fingerprint density at radius 3 is 1.71 bits per heavy atom. The van der Waals surface area contributed by atoms with Gasteiger partial charge in [-0.25, -0.2) is 19.9 Å². The molecule has 8 nitrogen and oxygen atoms in total. The summed E-state index contributed by atoms with van der Waals surface area (Å²) in [6, 6.07) is 68.3. The van der Waals surface area contributed by atoms with Gasteiger partial charge >= 0.3 is 0 Å². The Balaban J connectivity index is 0.856. The third kappa shape index (κ3) is 5.96. The van der Waals surface area contributed by atoms with Gasteiger partial charge in [0, 0.05) is 77.2 Å². The van der Waals surface area contributed by atoms with Gasteiger partial charge < -0.3 is 15.3 Å². The number of H-pyrrole nitrogens is 2. The molecule has 80 heavy (non-hydrogen) atoms. The first-order valence-corrected chi connectivity index (χ1v) is 27.5. The zero-order valence-corrected chi connectivity index (χ0v) is 42.8. The number of nitrogens with zero attached hydrogens (tertiary/aromatic N) is 5. The zero-order chi connectivity index (χ0) is 51.9. The maximum Gasteiger partial charge on any atom is 0.0972 e. The van der Waals surface area contributed by atoms with Crippen molar-refractivity contribution in [3.8, 4) is 33.8 Å². The number of fused-ring (bicyclic) bond motifs is 14. The number of hydrogen-bond acceptors (Lipinski definition) is 6. The predicted molar refractivity (Wildman–Crippen MR) is 325 cm³/mol. The van der Waals surface area contributed by atoms with Crippen LogP contribution in [0.15, 0.2) is 229 Å². The van der Waals surface area contributed by atoms with E-state index >= 15 is 0 Å². The maximum absolute atomic E-state index is 5.77. The summed E-state index contributed by atoms with van der Waals surface area (Å²) in [5.41, 5.74) is 21.3. The fraction of sp³-hybridized carbons (Fsp3) is 0.0417. The second kappa shape index (κ2) is 15.6. The highest BCUT2D eigenvalue weighted by atomic mass is 15.0. The molecule has 370 valence electrons. The summed E-state index contributed by atoms with van der Waals surface area (Å²) < 4.78 is 0. The number of nitrogens with one attached hydrogen (secondary N) is 3. The Hall–Kier alpha value is -10.6. The smallest absolute Gasteiger partial charge is 0.0972 e. The molecule has 0 spiro atoms. The quantitative estimate of drug-likeness (QED) is 0.118. The van der Waals surface area contributed by atoms with Crippen LogP contribution in [0.5, 0.6) is 0 Å². The molecule has 19 rings (SSSR count). The summed E-state index contributed by atoms with van der Waals surface area (Å²) in [4.78, 5) is 35.5. The molecule has 0 saturated carbocycles. The Kier molecular flexibility index (Phi) is 8.27. The summed E-state index contributed by atoms with van der Waals surface area (Å²) >= 11 is 0. The molecule has 4 aliphatic heterocycles. The van der Waals surface area contributed by atoms with E-state index in [4.69, 9.17) is 24.9 Å². The molecule has 3 atom stereocenters. The Bertz CT molecular complexity index is 5500. The van der Waals surface area contributed by atoms with E-state index in [1.165, 1.54) is 21.9 Å². The molecule has 3 unspecified atom stereocenters. The van der Waals surface area contributed by atoms with Crippen molar-refractivity contribution in [1.82, 2.24) is 35.2 Å². The van der Waals surface area contributed by atoms with Crippen LogP contribution in [0, 0.1) is 0 Å². The van der Waals surface area contributed by atoms with Gasteiger partial charge in [0.05, 0.1) is 79.2 Å². The van der Waals surface area contributed by atoms with E-state index in [-0.39, 0.29) is 18.0 Å². The van der Waals surface area contributed by atoms with Crippen LogP contribution in [0.2, 0.25) is 0 Å². The van der Waals surface area contributed by atoms with E-state index in [9.17, 15) is 0 Å². The highest BCUT2D eigenvalue weighted by molar-refractivity contribution is 6.10. The van der Waals surface area contributed by atoms with E-state index < -0.39 is 0 Å². The van der Waals surface area contributed by atoms with Crippen molar-refractivity contribution in [3.63, 3.8) is 0 Å². The molecular weight excluding hydrogens is 977 g/mol. The van der Waals surface area contributed by atoms with E-state index in [1.54, 1.807) is 0 Å². The lowest BCUT2D eigenvalue weighted by atomic mass is 9.84. The second-order valence-electron chi connectivity index (χ2n) is 22.1. The van der Waals surface area contributed by atoms with Gasteiger partial charge in [-0.1, -0.05) is 158 Å². The summed E-state index contributed by atoms with van der Waals surface area (Å²) in [5.74, 6) is -0.197. The lowest BCUT2D eigenvalue weighted by Gasteiger charge is -2.23. The number of para-hydroxylation sites is 3. The van der Waals surface area contributed by atoms with Gasteiger partial charge in [0.1, 0.15) is 0 Å². The average molecular weight is 1020 g/mol. The number of pyridine rings is 4. The van der Waals surface area contributed by atoms with E-state index in [0.717, 1.165) is 160 Å². The molecule has 10 heterocycles. The van der Waals surface area contributed by atoms with E-state index in [0.29, 0.717) is 0 Å². The minimum Gasteiger partial charge on any atom is -0.373 e. The SMILES string of the molecule is C1=CC2=CC3=C(c4cccc5cc6cccc(C7c8cc9cccc(c9[nH]8)-c8ccc9ccc%10ccc(nc%10c9n8)-c8cccc9c8=NC7C=9)c6cc45)c4cc5cccc(c5[nH]4)-c4ccc5ccc6ccc(nc6c5n4)C(=C1)C2N3. The Labute approximate surface area is 456 Å². The summed E-state index contributed by atoms with van der Waals surface area (Å²) in [5, 5.41) is 17.3. The van der Waals surface area contributed by atoms with Crippen LogP contribution in [0.1, 0.15) is 34.1 Å². The summed E-state index contributed by atoms with van der Waals surface area (Å²) in [6.45, 7) is 0. The van der Waals surface area contributed by atoms with Crippen LogP contribution < -0.4 is 15.9 Å². The van der Waals surface area contributed by atoms with Crippen molar-refractivity contribution in [1.29, 1.82) is 0 Å².